The lowest BCUT2D eigenvalue weighted by molar-refractivity contribution is -0.138. The van der Waals surface area contributed by atoms with Crippen LogP contribution in [-0.4, -0.2) is 80.9 Å². The maximum Gasteiger partial charge on any atom is 0.243 e. The van der Waals surface area contributed by atoms with Crippen LogP contribution >= 0.6 is 0 Å². The topological polar surface area (TPSA) is 70.2 Å². The molecule has 7 nitrogen and oxygen atoms in total. The molecule has 166 valence electrons. The molecule has 0 bridgehead atoms. The van der Waals surface area contributed by atoms with E-state index in [1.54, 1.807) is 31.4 Å². The molecule has 1 amide bonds. The van der Waals surface area contributed by atoms with E-state index in [1.165, 1.54) is 30.0 Å². The minimum absolute atomic E-state index is 0.0645. The summed E-state index contributed by atoms with van der Waals surface area (Å²) in [5.41, 5.74) is 0. The Morgan fingerprint density at radius 1 is 0.900 bits per heavy atom. The third-order valence-electron chi connectivity index (χ3n) is 6.97. The predicted molar refractivity (Wildman–Crippen MR) is 115 cm³/mol. The quantitative estimate of drug-likeness (QED) is 0.709. The fraction of sp³-hybridized carbons (Fsp3) is 0.682. The summed E-state index contributed by atoms with van der Waals surface area (Å²) in [5.74, 6) is 0.777. The summed E-state index contributed by atoms with van der Waals surface area (Å²) < 4.78 is 32.4. The second kappa shape index (κ2) is 9.24. The number of ether oxygens (including phenoxy) is 1. The molecule has 4 rings (SSSR count). The number of benzene rings is 1. The van der Waals surface area contributed by atoms with Gasteiger partial charge < -0.3 is 9.64 Å². The van der Waals surface area contributed by atoms with Gasteiger partial charge in [0.2, 0.25) is 15.9 Å². The highest BCUT2D eigenvalue weighted by atomic mass is 32.2. The molecule has 3 aliphatic rings. The summed E-state index contributed by atoms with van der Waals surface area (Å²) in [7, 11) is -1.98. The van der Waals surface area contributed by atoms with Crippen molar-refractivity contribution < 1.29 is 17.9 Å². The number of piperazine rings is 1. The minimum atomic E-state index is -3.53. The van der Waals surface area contributed by atoms with Crippen LogP contribution in [0.3, 0.4) is 0 Å². The van der Waals surface area contributed by atoms with Gasteiger partial charge in [0.15, 0.2) is 0 Å². The van der Waals surface area contributed by atoms with Crippen LogP contribution in [0.4, 0.5) is 0 Å². The van der Waals surface area contributed by atoms with E-state index in [4.69, 9.17) is 4.74 Å². The molecular weight excluding hydrogens is 402 g/mol. The Hall–Kier alpha value is -1.64. The van der Waals surface area contributed by atoms with Gasteiger partial charge in [-0.1, -0.05) is 12.8 Å². The Morgan fingerprint density at radius 3 is 2.07 bits per heavy atom. The van der Waals surface area contributed by atoms with Gasteiger partial charge in [-0.25, -0.2) is 8.42 Å². The Labute approximate surface area is 180 Å². The lowest BCUT2D eigenvalue weighted by atomic mass is 9.96. The molecule has 2 heterocycles. The fourth-order valence-corrected chi connectivity index (χ4v) is 6.54. The van der Waals surface area contributed by atoms with Gasteiger partial charge >= 0.3 is 0 Å². The van der Waals surface area contributed by atoms with E-state index in [0.29, 0.717) is 37.7 Å². The number of carbonyl (C=O) groups excluding carboxylic acids is 1. The van der Waals surface area contributed by atoms with Crippen LogP contribution < -0.4 is 4.74 Å². The molecule has 0 N–H and O–H groups in total. The van der Waals surface area contributed by atoms with Crippen molar-refractivity contribution in [2.24, 2.45) is 5.92 Å². The average Bonchev–Trinajstić information content (AvgIpc) is 3.34. The molecule has 0 atom stereocenters. The van der Waals surface area contributed by atoms with Crippen molar-refractivity contribution in [3.05, 3.63) is 24.3 Å². The van der Waals surface area contributed by atoms with Crippen molar-refractivity contribution >= 4 is 15.9 Å². The van der Waals surface area contributed by atoms with Crippen molar-refractivity contribution in [3.8, 4) is 5.75 Å². The van der Waals surface area contributed by atoms with Gasteiger partial charge in [-0.15, -0.1) is 0 Å². The van der Waals surface area contributed by atoms with Gasteiger partial charge in [0, 0.05) is 51.2 Å². The molecule has 2 aliphatic heterocycles. The number of piperidine rings is 1. The molecule has 1 aromatic rings. The van der Waals surface area contributed by atoms with Gasteiger partial charge in [0.25, 0.3) is 0 Å². The minimum Gasteiger partial charge on any atom is -0.497 e. The molecule has 0 aromatic heterocycles. The molecule has 0 unspecified atom stereocenters. The SMILES string of the molecule is COc1ccc(S(=O)(=O)N2CCC(C(=O)N3CCN(C4CCCC4)CC3)CC2)cc1. The predicted octanol–water partition coefficient (Wildman–Crippen LogP) is 2.18. The number of nitrogens with zero attached hydrogens (tertiary/aromatic N) is 3. The normalized spacial score (nSPS) is 23.0. The molecule has 8 heteroatoms. The first-order valence-electron chi connectivity index (χ1n) is 11.2. The van der Waals surface area contributed by atoms with Gasteiger partial charge in [0.05, 0.1) is 12.0 Å². The molecule has 30 heavy (non-hydrogen) atoms. The fourth-order valence-electron chi connectivity index (χ4n) is 5.07. The molecule has 0 spiro atoms. The smallest absolute Gasteiger partial charge is 0.243 e. The van der Waals surface area contributed by atoms with Gasteiger partial charge in [-0.05, 0) is 49.9 Å². The largest absolute Gasteiger partial charge is 0.497 e. The van der Waals surface area contributed by atoms with Crippen LogP contribution in [0.1, 0.15) is 38.5 Å². The molecule has 2 saturated heterocycles. The molecule has 0 radical (unpaired) electrons. The number of rotatable bonds is 5. The number of sulfonamides is 1. The number of methoxy groups -OCH3 is 1. The van der Waals surface area contributed by atoms with E-state index >= 15 is 0 Å². The number of hydrogen-bond donors (Lipinski definition) is 0. The Kier molecular flexibility index (Phi) is 6.65. The molecule has 1 aromatic carbocycles. The van der Waals surface area contributed by atoms with Crippen LogP contribution in [0.2, 0.25) is 0 Å². The van der Waals surface area contributed by atoms with Crippen LogP contribution in [0.15, 0.2) is 29.2 Å². The highest BCUT2D eigenvalue weighted by molar-refractivity contribution is 7.89. The summed E-state index contributed by atoms with van der Waals surface area (Å²) in [6.07, 6.45) is 6.46. The van der Waals surface area contributed by atoms with E-state index < -0.39 is 10.0 Å². The summed E-state index contributed by atoms with van der Waals surface area (Å²) in [5, 5.41) is 0. The van der Waals surface area contributed by atoms with Crippen LogP contribution in [-0.2, 0) is 14.8 Å². The van der Waals surface area contributed by atoms with Crippen molar-refractivity contribution in [2.75, 3.05) is 46.4 Å². The highest BCUT2D eigenvalue weighted by Gasteiger charge is 2.35. The van der Waals surface area contributed by atoms with Crippen molar-refractivity contribution in [1.29, 1.82) is 0 Å². The zero-order chi connectivity index (χ0) is 21.1. The third kappa shape index (κ3) is 4.50. The van der Waals surface area contributed by atoms with E-state index in [2.05, 4.69) is 4.90 Å². The first-order chi connectivity index (χ1) is 14.5. The van der Waals surface area contributed by atoms with Crippen LogP contribution in [0.25, 0.3) is 0 Å². The molecule has 1 saturated carbocycles. The van der Waals surface area contributed by atoms with Crippen LogP contribution in [0, 0.1) is 5.92 Å². The lowest BCUT2D eigenvalue weighted by Gasteiger charge is -2.40. The average molecular weight is 436 g/mol. The highest BCUT2D eigenvalue weighted by Crippen LogP contribution is 2.28. The van der Waals surface area contributed by atoms with Crippen molar-refractivity contribution in [2.45, 2.75) is 49.5 Å². The Morgan fingerprint density at radius 2 is 1.50 bits per heavy atom. The maximum absolute atomic E-state index is 13.0. The summed E-state index contributed by atoms with van der Waals surface area (Å²) in [6.45, 7) is 4.35. The van der Waals surface area contributed by atoms with Gasteiger partial charge in [0.1, 0.15) is 5.75 Å². The summed E-state index contributed by atoms with van der Waals surface area (Å²) >= 11 is 0. The zero-order valence-corrected chi connectivity index (χ0v) is 18.6. The number of hydrogen-bond acceptors (Lipinski definition) is 5. The first-order valence-corrected chi connectivity index (χ1v) is 12.6. The van der Waals surface area contributed by atoms with E-state index in [0.717, 1.165) is 26.2 Å². The van der Waals surface area contributed by atoms with Crippen LogP contribution in [0.5, 0.6) is 5.75 Å². The van der Waals surface area contributed by atoms with E-state index in [9.17, 15) is 13.2 Å². The second-order valence-corrected chi connectivity index (χ2v) is 10.6. The Bertz CT molecular complexity index is 820. The number of amides is 1. The van der Waals surface area contributed by atoms with Gasteiger partial charge in [-0.2, -0.15) is 4.31 Å². The first kappa shape index (κ1) is 21.6. The standard InChI is InChI=1S/C22H33N3O4S/c1-29-20-6-8-21(9-7-20)30(27,28)25-12-10-18(11-13-25)22(26)24-16-14-23(15-17-24)19-4-2-3-5-19/h6-9,18-19H,2-5,10-17H2,1H3. The van der Waals surface area contributed by atoms with E-state index in [-0.39, 0.29) is 16.7 Å². The Balaban J connectivity index is 1.29. The number of carbonyl (C=O) groups is 1. The zero-order valence-electron chi connectivity index (χ0n) is 17.8. The lowest BCUT2D eigenvalue weighted by Crippen LogP contribution is -2.53. The van der Waals surface area contributed by atoms with Crippen molar-refractivity contribution in [1.82, 2.24) is 14.1 Å². The summed E-state index contributed by atoms with van der Waals surface area (Å²) in [4.78, 5) is 17.8. The second-order valence-electron chi connectivity index (χ2n) is 8.65. The van der Waals surface area contributed by atoms with Crippen molar-refractivity contribution in [3.63, 3.8) is 0 Å². The monoisotopic (exact) mass is 435 g/mol. The third-order valence-corrected chi connectivity index (χ3v) is 8.88. The van der Waals surface area contributed by atoms with Gasteiger partial charge in [-0.3, -0.25) is 9.69 Å². The molecule has 1 aliphatic carbocycles. The summed E-state index contributed by atoms with van der Waals surface area (Å²) in [6, 6.07) is 7.20. The van der Waals surface area contributed by atoms with E-state index in [1.807, 2.05) is 4.90 Å². The maximum atomic E-state index is 13.0. The molecular formula is C22H33N3O4S. The molecule has 3 fully saturated rings.